The minimum absolute atomic E-state index is 0.0290. The van der Waals surface area contributed by atoms with Crippen molar-refractivity contribution in [3.63, 3.8) is 0 Å². The van der Waals surface area contributed by atoms with Crippen LogP contribution in [0.15, 0.2) is 60.0 Å². The lowest BCUT2D eigenvalue weighted by Gasteiger charge is -2.31. The Bertz CT molecular complexity index is 1100. The van der Waals surface area contributed by atoms with E-state index in [0.717, 1.165) is 47.7 Å². The predicted octanol–water partition coefficient (Wildman–Crippen LogP) is 4.63. The lowest BCUT2D eigenvalue weighted by molar-refractivity contribution is 0.0699. The summed E-state index contributed by atoms with van der Waals surface area (Å²) < 4.78 is 0. The van der Waals surface area contributed by atoms with Gasteiger partial charge in [0, 0.05) is 30.8 Å². The van der Waals surface area contributed by atoms with Gasteiger partial charge in [-0.25, -0.2) is 9.97 Å². The Balaban J connectivity index is 1.30. The first-order valence-electron chi connectivity index (χ1n) is 9.98. The molecule has 0 radical (unpaired) electrons. The van der Waals surface area contributed by atoms with Crippen LogP contribution in [0.5, 0.6) is 0 Å². The quantitative estimate of drug-likeness (QED) is 0.541. The molecule has 1 atom stereocenters. The Morgan fingerprint density at radius 3 is 2.79 bits per heavy atom. The number of hydrogen-bond donors (Lipinski definition) is 1. The monoisotopic (exact) mass is 402 g/mol. The van der Waals surface area contributed by atoms with Gasteiger partial charge in [-0.2, -0.15) is 0 Å². The number of aromatic nitrogens is 3. The molecule has 1 N–H and O–H groups in total. The second-order valence-corrected chi connectivity index (χ2v) is 8.46. The number of rotatable bonds is 4. The van der Waals surface area contributed by atoms with Crippen LogP contribution in [-0.4, -0.2) is 38.8 Å². The molecule has 3 heterocycles. The number of thiazole rings is 1. The molecule has 1 aliphatic heterocycles. The number of benzene rings is 2. The largest absolute Gasteiger partial charge is 0.342 e. The molecule has 4 aromatic rings. The van der Waals surface area contributed by atoms with Gasteiger partial charge in [0.2, 0.25) is 0 Å². The van der Waals surface area contributed by atoms with Crippen LogP contribution >= 0.6 is 11.3 Å². The summed E-state index contributed by atoms with van der Waals surface area (Å²) in [4.78, 5) is 27.8. The highest BCUT2D eigenvalue weighted by Gasteiger charge is 2.28. The number of amides is 1. The molecule has 1 aliphatic rings. The van der Waals surface area contributed by atoms with Crippen LogP contribution in [0.1, 0.15) is 45.6 Å². The van der Waals surface area contributed by atoms with Crippen LogP contribution in [0.25, 0.3) is 11.0 Å². The average Bonchev–Trinajstić information content (AvgIpc) is 3.41. The maximum absolute atomic E-state index is 13.1. The fourth-order valence-corrected chi connectivity index (χ4v) is 4.78. The molecule has 2 aromatic carbocycles. The third kappa shape index (κ3) is 3.80. The normalized spacial score (nSPS) is 17.0. The van der Waals surface area contributed by atoms with Crippen molar-refractivity contribution in [3.8, 4) is 0 Å². The molecule has 1 fully saturated rings. The van der Waals surface area contributed by atoms with Crippen LogP contribution in [0.4, 0.5) is 0 Å². The van der Waals surface area contributed by atoms with Crippen molar-refractivity contribution in [2.24, 2.45) is 0 Å². The van der Waals surface area contributed by atoms with Crippen LogP contribution in [0.3, 0.4) is 0 Å². The molecule has 5 nitrogen and oxygen atoms in total. The van der Waals surface area contributed by atoms with E-state index in [-0.39, 0.29) is 11.8 Å². The highest BCUT2D eigenvalue weighted by atomic mass is 32.1. The van der Waals surface area contributed by atoms with Crippen molar-refractivity contribution in [1.29, 1.82) is 0 Å². The third-order valence-electron chi connectivity index (χ3n) is 5.47. The van der Waals surface area contributed by atoms with Gasteiger partial charge in [0.15, 0.2) is 0 Å². The van der Waals surface area contributed by atoms with E-state index < -0.39 is 0 Å². The molecule has 1 unspecified atom stereocenters. The summed E-state index contributed by atoms with van der Waals surface area (Å²) in [5.74, 6) is 1.25. The number of para-hydroxylation sites is 2. The first-order valence-corrected chi connectivity index (χ1v) is 10.9. The Labute approximate surface area is 173 Å². The van der Waals surface area contributed by atoms with E-state index in [1.54, 1.807) is 11.3 Å². The Hall–Kier alpha value is -2.99. The molecule has 0 bridgehead atoms. The molecule has 0 saturated carbocycles. The van der Waals surface area contributed by atoms with E-state index in [1.165, 1.54) is 5.56 Å². The maximum Gasteiger partial charge on any atom is 0.273 e. The van der Waals surface area contributed by atoms with Crippen molar-refractivity contribution < 1.29 is 4.79 Å². The standard InChI is InChI=1S/C23H22N4OS/c28-23(20-15-29-21(24-20)13-16-7-2-1-3-8-16)27-12-6-9-17(14-27)22-25-18-10-4-5-11-19(18)26-22/h1-5,7-8,10-11,15,17H,6,9,12-14H2,(H,25,26). The molecule has 29 heavy (non-hydrogen) atoms. The zero-order chi connectivity index (χ0) is 19.6. The highest BCUT2D eigenvalue weighted by Crippen LogP contribution is 2.28. The number of H-pyrrole nitrogens is 1. The number of fused-ring (bicyclic) bond motifs is 1. The Morgan fingerprint density at radius 2 is 1.93 bits per heavy atom. The van der Waals surface area contributed by atoms with Crippen LogP contribution in [0.2, 0.25) is 0 Å². The van der Waals surface area contributed by atoms with Gasteiger partial charge < -0.3 is 9.88 Å². The predicted molar refractivity (Wildman–Crippen MR) is 115 cm³/mol. The van der Waals surface area contributed by atoms with E-state index in [0.29, 0.717) is 12.2 Å². The SMILES string of the molecule is O=C(c1csc(Cc2ccccc2)n1)N1CCCC(c2nc3ccccc3[nH]2)C1. The van der Waals surface area contributed by atoms with Crippen molar-refractivity contribution in [3.05, 3.63) is 82.1 Å². The third-order valence-corrected chi connectivity index (χ3v) is 6.32. The number of hydrogen-bond acceptors (Lipinski definition) is 4. The first-order chi connectivity index (χ1) is 14.3. The number of aromatic amines is 1. The summed E-state index contributed by atoms with van der Waals surface area (Å²) in [5.41, 5.74) is 3.81. The molecular formula is C23H22N4OS. The zero-order valence-corrected chi connectivity index (χ0v) is 16.9. The molecule has 0 spiro atoms. The first kappa shape index (κ1) is 18.1. The van der Waals surface area contributed by atoms with Gasteiger partial charge in [-0.05, 0) is 30.5 Å². The zero-order valence-electron chi connectivity index (χ0n) is 16.0. The molecule has 2 aromatic heterocycles. The second kappa shape index (κ2) is 7.79. The average molecular weight is 403 g/mol. The summed E-state index contributed by atoms with van der Waals surface area (Å²) in [7, 11) is 0. The number of nitrogens with zero attached hydrogens (tertiary/aromatic N) is 3. The fourth-order valence-electron chi connectivity index (χ4n) is 3.97. The number of likely N-dealkylation sites (tertiary alicyclic amines) is 1. The molecule has 146 valence electrons. The lowest BCUT2D eigenvalue weighted by atomic mass is 9.97. The molecule has 0 aliphatic carbocycles. The lowest BCUT2D eigenvalue weighted by Crippen LogP contribution is -2.39. The summed E-state index contributed by atoms with van der Waals surface area (Å²) in [5, 5.41) is 2.87. The number of carbonyl (C=O) groups excluding carboxylic acids is 1. The smallest absolute Gasteiger partial charge is 0.273 e. The second-order valence-electron chi connectivity index (χ2n) is 7.52. The number of piperidine rings is 1. The van der Waals surface area contributed by atoms with Crippen molar-refractivity contribution in [2.45, 2.75) is 25.2 Å². The van der Waals surface area contributed by atoms with Gasteiger partial charge in [-0.15, -0.1) is 11.3 Å². The molecular weight excluding hydrogens is 380 g/mol. The number of imidazole rings is 1. The summed E-state index contributed by atoms with van der Waals surface area (Å²) in [6.45, 7) is 1.46. The molecule has 1 saturated heterocycles. The Kier molecular flexibility index (Phi) is 4.86. The molecule has 6 heteroatoms. The number of carbonyl (C=O) groups is 1. The van der Waals surface area contributed by atoms with E-state index in [1.807, 2.05) is 52.7 Å². The van der Waals surface area contributed by atoms with Crippen molar-refractivity contribution >= 4 is 28.3 Å². The highest BCUT2D eigenvalue weighted by molar-refractivity contribution is 7.09. The van der Waals surface area contributed by atoms with Gasteiger partial charge in [-0.3, -0.25) is 4.79 Å². The van der Waals surface area contributed by atoms with Crippen LogP contribution in [-0.2, 0) is 6.42 Å². The van der Waals surface area contributed by atoms with Gasteiger partial charge in [0.05, 0.1) is 16.0 Å². The van der Waals surface area contributed by atoms with Gasteiger partial charge in [0.25, 0.3) is 5.91 Å². The summed E-state index contributed by atoms with van der Waals surface area (Å²) >= 11 is 1.56. The number of nitrogens with one attached hydrogen (secondary N) is 1. The van der Waals surface area contributed by atoms with E-state index in [4.69, 9.17) is 4.98 Å². The summed E-state index contributed by atoms with van der Waals surface area (Å²) in [6, 6.07) is 18.3. The van der Waals surface area contributed by atoms with Gasteiger partial charge >= 0.3 is 0 Å². The molecule has 5 rings (SSSR count). The van der Waals surface area contributed by atoms with E-state index in [9.17, 15) is 4.79 Å². The minimum Gasteiger partial charge on any atom is -0.342 e. The molecule has 1 amide bonds. The van der Waals surface area contributed by atoms with Crippen molar-refractivity contribution in [1.82, 2.24) is 19.9 Å². The van der Waals surface area contributed by atoms with Gasteiger partial charge in [-0.1, -0.05) is 42.5 Å². The Morgan fingerprint density at radius 1 is 1.10 bits per heavy atom. The topological polar surface area (TPSA) is 61.9 Å². The van der Waals surface area contributed by atoms with E-state index >= 15 is 0 Å². The van der Waals surface area contributed by atoms with Gasteiger partial charge in [0.1, 0.15) is 11.5 Å². The van der Waals surface area contributed by atoms with Crippen LogP contribution < -0.4 is 0 Å². The van der Waals surface area contributed by atoms with Crippen molar-refractivity contribution in [2.75, 3.05) is 13.1 Å². The van der Waals surface area contributed by atoms with Crippen LogP contribution in [0, 0.1) is 0 Å². The fraction of sp³-hybridized carbons (Fsp3) is 0.261. The maximum atomic E-state index is 13.1. The van der Waals surface area contributed by atoms with E-state index in [2.05, 4.69) is 22.1 Å². The summed E-state index contributed by atoms with van der Waals surface area (Å²) in [6.07, 6.45) is 2.79. The minimum atomic E-state index is 0.0290.